The number of anilines is 1. The van der Waals surface area contributed by atoms with Crippen LogP contribution in [0.25, 0.3) is 10.2 Å². The van der Waals surface area contributed by atoms with Crippen molar-refractivity contribution in [3.63, 3.8) is 0 Å². The molecule has 2 heterocycles. The van der Waals surface area contributed by atoms with Gasteiger partial charge in [-0.05, 0) is 49.2 Å². The molecule has 1 saturated heterocycles. The molecule has 0 unspecified atom stereocenters. The highest BCUT2D eigenvalue weighted by Gasteiger charge is 2.27. The molecule has 1 N–H and O–H groups in total. The molecule has 146 valence electrons. The van der Waals surface area contributed by atoms with Crippen LogP contribution >= 0.6 is 11.3 Å². The van der Waals surface area contributed by atoms with Gasteiger partial charge in [0.1, 0.15) is 0 Å². The van der Waals surface area contributed by atoms with E-state index in [0.717, 1.165) is 36.3 Å². The minimum Gasteiger partial charge on any atom is -0.298 e. The summed E-state index contributed by atoms with van der Waals surface area (Å²) in [4.78, 5) is 16.7. The lowest BCUT2D eigenvalue weighted by Gasteiger charge is -2.15. The van der Waals surface area contributed by atoms with Crippen molar-refractivity contribution in [2.24, 2.45) is 0 Å². The summed E-state index contributed by atoms with van der Waals surface area (Å²) in [7, 11) is -3.55. The summed E-state index contributed by atoms with van der Waals surface area (Å²) in [5.41, 5.74) is 0.487. The van der Waals surface area contributed by atoms with Crippen molar-refractivity contribution in [2.45, 2.75) is 17.7 Å². The highest BCUT2D eigenvalue weighted by molar-refractivity contribution is 7.89. The lowest BCUT2D eigenvalue weighted by molar-refractivity contribution is 0.102. The predicted molar refractivity (Wildman–Crippen MR) is 102 cm³/mol. The van der Waals surface area contributed by atoms with Crippen LogP contribution in [0.5, 0.6) is 0 Å². The first kappa shape index (κ1) is 18.9. The van der Waals surface area contributed by atoms with Gasteiger partial charge in [0.2, 0.25) is 10.0 Å². The summed E-state index contributed by atoms with van der Waals surface area (Å²) in [5, 5.41) is 2.76. The zero-order valence-electron chi connectivity index (χ0n) is 14.5. The van der Waals surface area contributed by atoms with Crippen molar-refractivity contribution in [1.29, 1.82) is 0 Å². The van der Waals surface area contributed by atoms with Gasteiger partial charge < -0.3 is 0 Å². The number of carbonyl (C=O) groups excluding carboxylic acids is 1. The molecule has 0 saturated carbocycles. The zero-order valence-corrected chi connectivity index (χ0v) is 16.1. The summed E-state index contributed by atoms with van der Waals surface area (Å²) in [6, 6.07) is 7.46. The Morgan fingerprint density at radius 3 is 2.54 bits per heavy atom. The van der Waals surface area contributed by atoms with Crippen LogP contribution in [0.2, 0.25) is 0 Å². The largest absolute Gasteiger partial charge is 0.298 e. The standard InChI is InChI=1S/C18H15F2N3O3S2/c19-13-5-3-11(9-14(13)20)17(24)22-18-21-15-6-4-12(10-16(15)27-18)28(25,26)23-7-1-2-8-23/h3-6,9-10H,1-2,7-8H2,(H,21,22,24). The molecule has 10 heteroatoms. The van der Waals surface area contributed by atoms with Crippen LogP contribution in [-0.4, -0.2) is 36.7 Å². The molecule has 0 radical (unpaired) electrons. The maximum absolute atomic E-state index is 13.3. The number of thiazole rings is 1. The van der Waals surface area contributed by atoms with Crippen molar-refractivity contribution >= 4 is 42.6 Å². The Morgan fingerprint density at radius 1 is 1.07 bits per heavy atom. The fourth-order valence-electron chi connectivity index (χ4n) is 3.00. The van der Waals surface area contributed by atoms with Crippen LogP contribution in [-0.2, 0) is 10.0 Å². The van der Waals surface area contributed by atoms with Crippen molar-refractivity contribution < 1.29 is 22.0 Å². The molecular weight excluding hydrogens is 408 g/mol. The smallest absolute Gasteiger partial charge is 0.257 e. The van der Waals surface area contributed by atoms with E-state index in [2.05, 4.69) is 10.3 Å². The van der Waals surface area contributed by atoms with E-state index in [1.165, 1.54) is 22.5 Å². The first-order chi connectivity index (χ1) is 13.3. The van der Waals surface area contributed by atoms with Gasteiger partial charge in [0, 0.05) is 18.7 Å². The second-order valence-electron chi connectivity index (χ2n) is 6.34. The molecule has 1 aliphatic rings. The molecule has 6 nitrogen and oxygen atoms in total. The number of fused-ring (bicyclic) bond motifs is 1. The number of hydrogen-bond acceptors (Lipinski definition) is 5. The molecule has 0 spiro atoms. The number of nitrogens with zero attached hydrogens (tertiary/aromatic N) is 2. The molecule has 2 aromatic carbocycles. The maximum Gasteiger partial charge on any atom is 0.257 e. The Bertz CT molecular complexity index is 1170. The molecule has 1 fully saturated rings. The van der Waals surface area contributed by atoms with E-state index in [0.29, 0.717) is 23.3 Å². The van der Waals surface area contributed by atoms with Crippen molar-refractivity contribution in [1.82, 2.24) is 9.29 Å². The number of amides is 1. The second kappa shape index (κ2) is 7.19. The lowest BCUT2D eigenvalue weighted by atomic mass is 10.2. The Labute approximate surface area is 163 Å². The van der Waals surface area contributed by atoms with Gasteiger partial charge in [-0.15, -0.1) is 0 Å². The van der Waals surface area contributed by atoms with Crippen molar-refractivity contribution in [3.8, 4) is 0 Å². The van der Waals surface area contributed by atoms with E-state index < -0.39 is 27.6 Å². The number of hydrogen-bond donors (Lipinski definition) is 1. The van der Waals surface area contributed by atoms with Gasteiger partial charge >= 0.3 is 0 Å². The van der Waals surface area contributed by atoms with Crippen LogP contribution in [0, 0.1) is 11.6 Å². The van der Waals surface area contributed by atoms with Crippen LogP contribution in [0.1, 0.15) is 23.2 Å². The predicted octanol–water partition coefficient (Wildman–Crippen LogP) is 3.61. The van der Waals surface area contributed by atoms with Gasteiger partial charge in [-0.25, -0.2) is 22.2 Å². The zero-order chi connectivity index (χ0) is 19.9. The number of aromatic nitrogens is 1. The molecule has 0 bridgehead atoms. The SMILES string of the molecule is O=C(Nc1nc2ccc(S(=O)(=O)N3CCCC3)cc2s1)c1ccc(F)c(F)c1. The summed E-state index contributed by atoms with van der Waals surface area (Å²) in [5.74, 6) is -2.79. The topological polar surface area (TPSA) is 79.4 Å². The highest BCUT2D eigenvalue weighted by atomic mass is 32.2. The molecule has 0 atom stereocenters. The number of rotatable bonds is 4. The molecule has 0 aliphatic carbocycles. The van der Waals surface area contributed by atoms with E-state index >= 15 is 0 Å². The first-order valence-corrected chi connectivity index (χ1v) is 10.8. The Balaban J connectivity index is 1.59. The van der Waals surface area contributed by atoms with E-state index in [-0.39, 0.29) is 15.6 Å². The summed E-state index contributed by atoms with van der Waals surface area (Å²) < 4.78 is 53.7. The van der Waals surface area contributed by atoms with Gasteiger partial charge in [0.15, 0.2) is 16.8 Å². The molecule has 1 aliphatic heterocycles. The first-order valence-electron chi connectivity index (χ1n) is 8.52. The third-order valence-corrected chi connectivity index (χ3v) is 7.29. The van der Waals surface area contributed by atoms with Gasteiger partial charge in [0.25, 0.3) is 5.91 Å². The maximum atomic E-state index is 13.3. The van der Waals surface area contributed by atoms with E-state index in [1.807, 2.05) is 0 Å². The normalized spacial score (nSPS) is 15.2. The molecular formula is C18H15F2N3O3S2. The van der Waals surface area contributed by atoms with E-state index in [9.17, 15) is 22.0 Å². The average molecular weight is 423 g/mol. The van der Waals surface area contributed by atoms with Gasteiger partial charge in [0.05, 0.1) is 15.1 Å². The second-order valence-corrected chi connectivity index (χ2v) is 9.31. The fourth-order valence-corrected chi connectivity index (χ4v) is 5.52. The molecule has 28 heavy (non-hydrogen) atoms. The molecule has 3 aromatic rings. The number of nitrogens with one attached hydrogen (secondary N) is 1. The lowest BCUT2D eigenvalue weighted by Crippen LogP contribution is -2.27. The minimum absolute atomic E-state index is 0.0459. The summed E-state index contributed by atoms with van der Waals surface area (Å²) in [6.45, 7) is 1.02. The number of benzene rings is 2. The van der Waals surface area contributed by atoms with Crippen molar-refractivity contribution in [3.05, 3.63) is 53.6 Å². The van der Waals surface area contributed by atoms with Crippen LogP contribution in [0.4, 0.5) is 13.9 Å². The number of halogens is 2. The quantitative estimate of drug-likeness (QED) is 0.695. The Kier molecular flexibility index (Phi) is 4.86. The monoisotopic (exact) mass is 423 g/mol. The minimum atomic E-state index is -3.55. The molecule has 1 amide bonds. The summed E-state index contributed by atoms with van der Waals surface area (Å²) in [6.07, 6.45) is 1.70. The third kappa shape index (κ3) is 3.50. The van der Waals surface area contributed by atoms with Gasteiger partial charge in [-0.1, -0.05) is 11.3 Å². The Hall–Kier alpha value is -2.43. The summed E-state index contributed by atoms with van der Waals surface area (Å²) >= 11 is 1.11. The van der Waals surface area contributed by atoms with E-state index in [4.69, 9.17) is 0 Å². The Morgan fingerprint density at radius 2 is 1.82 bits per heavy atom. The molecule has 1 aromatic heterocycles. The molecule has 4 rings (SSSR count). The van der Waals surface area contributed by atoms with Crippen molar-refractivity contribution in [2.75, 3.05) is 18.4 Å². The van der Waals surface area contributed by atoms with Crippen LogP contribution in [0.15, 0.2) is 41.3 Å². The number of carbonyl (C=O) groups is 1. The van der Waals surface area contributed by atoms with Crippen LogP contribution < -0.4 is 5.32 Å². The van der Waals surface area contributed by atoms with Gasteiger partial charge in [-0.2, -0.15) is 4.31 Å². The average Bonchev–Trinajstić information content (AvgIpc) is 3.32. The van der Waals surface area contributed by atoms with E-state index in [1.54, 1.807) is 6.07 Å². The van der Waals surface area contributed by atoms with Crippen LogP contribution in [0.3, 0.4) is 0 Å². The van der Waals surface area contributed by atoms with Gasteiger partial charge in [-0.3, -0.25) is 10.1 Å². The highest BCUT2D eigenvalue weighted by Crippen LogP contribution is 2.30. The third-order valence-electron chi connectivity index (χ3n) is 4.46. The number of sulfonamides is 1. The fraction of sp³-hybridized carbons (Fsp3) is 0.222.